The maximum Gasteiger partial charge on any atom is 0.313 e. The van der Waals surface area contributed by atoms with Gasteiger partial charge in [0.1, 0.15) is 5.82 Å². The predicted octanol–water partition coefficient (Wildman–Crippen LogP) is 4.18. The highest BCUT2D eigenvalue weighted by Gasteiger charge is 2.32. The summed E-state index contributed by atoms with van der Waals surface area (Å²) in [5.41, 5.74) is 1.37. The van der Waals surface area contributed by atoms with Crippen LogP contribution in [-0.2, 0) is 9.59 Å². The zero-order valence-electron chi connectivity index (χ0n) is 15.6. The lowest BCUT2D eigenvalue weighted by molar-refractivity contribution is -0.136. The van der Waals surface area contributed by atoms with Gasteiger partial charge in [0.25, 0.3) is 0 Å². The third-order valence-electron chi connectivity index (χ3n) is 5.72. The molecule has 1 aliphatic carbocycles. The van der Waals surface area contributed by atoms with Crippen molar-refractivity contribution in [3.63, 3.8) is 0 Å². The van der Waals surface area contributed by atoms with Crippen LogP contribution in [0.1, 0.15) is 58.4 Å². The van der Waals surface area contributed by atoms with Crippen molar-refractivity contribution in [1.82, 2.24) is 5.32 Å². The van der Waals surface area contributed by atoms with Crippen molar-refractivity contribution in [3.8, 4) is 0 Å². The topological polar surface area (TPSA) is 58.2 Å². The lowest BCUT2D eigenvalue weighted by atomic mass is 9.69. The Bertz CT molecular complexity index is 635. The van der Waals surface area contributed by atoms with Gasteiger partial charge in [-0.05, 0) is 67.7 Å². The zero-order valence-corrected chi connectivity index (χ0v) is 15.6. The number of rotatable bonds is 4. The van der Waals surface area contributed by atoms with Gasteiger partial charge in [0.2, 0.25) is 0 Å². The first-order valence-corrected chi connectivity index (χ1v) is 9.11. The summed E-state index contributed by atoms with van der Waals surface area (Å²) in [6, 6.07) is 4.10. The van der Waals surface area contributed by atoms with Crippen molar-refractivity contribution in [2.24, 2.45) is 11.3 Å². The van der Waals surface area contributed by atoms with Crippen molar-refractivity contribution in [2.45, 2.75) is 65.8 Å². The molecule has 25 heavy (non-hydrogen) atoms. The SMILES string of the molecule is CCC(C)(C)C1CCC(NC(=O)C(=O)Nc2ccc(F)cc2C)CC1. The van der Waals surface area contributed by atoms with Gasteiger partial charge in [-0.2, -0.15) is 0 Å². The number of carbonyl (C=O) groups is 2. The standard InChI is InChI=1S/C20H29FN2O2/c1-5-20(3,4)14-6-9-16(10-7-14)22-18(24)19(25)23-17-11-8-15(21)12-13(17)2/h8,11-12,14,16H,5-7,9-10H2,1-4H3,(H,22,24)(H,23,25). The second-order valence-electron chi connectivity index (χ2n) is 7.78. The monoisotopic (exact) mass is 348 g/mol. The molecule has 0 heterocycles. The van der Waals surface area contributed by atoms with E-state index in [1.165, 1.54) is 18.2 Å². The van der Waals surface area contributed by atoms with Crippen molar-refractivity contribution < 1.29 is 14.0 Å². The number of halogens is 1. The van der Waals surface area contributed by atoms with E-state index in [2.05, 4.69) is 31.4 Å². The van der Waals surface area contributed by atoms with Gasteiger partial charge in [-0.15, -0.1) is 0 Å². The molecular weight excluding hydrogens is 319 g/mol. The molecule has 0 radical (unpaired) electrons. The second-order valence-corrected chi connectivity index (χ2v) is 7.78. The first kappa shape index (κ1) is 19.4. The number of anilines is 1. The van der Waals surface area contributed by atoms with Crippen LogP contribution in [0.25, 0.3) is 0 Å². The van der Waals surface area contributed by atoms with E-state index in [9.17, 15) is 14.0 Å². The number of carbonyl (C=O) groups excluding carboxylic acids is 2. The number of amides is 2. The molecule has 0 aromatic heterocycles. The van der Waals surface area contributed by atoms with Crippen molar-refractivity contribution >= 4 is 17.5 Å². The molecule has 1 fully saturated rings. The molecule has 0 spiro atoms. The summed E-state index contributed by atoms with van der Waals surface area (Å²) >= 11 is 0. The first-order valence-electron chi connectivity index (χ1n) is 9.11. The Morgan fingerprint density at radius 2 is 1.80 bits per heavy atom. The van der Waals surface area contributed by atoms with E-state index in [4.69, 9.17) is 0 Å². The number of aryl methyl sites for hydroxylation is 1. The Balaban J connectivity index is 1.85. The van der Waals surface area contributed by atoms with Crippen LogP contribution in [-0.4, -0.2) is 17.9 Å². The summed E-state index contributed by atoms with van der Waals surface area (Å²) in [4.78, 5) is 24.2. The molecule has 1 aromatic carbocycles. The van der Waals surface area contributed by atoms with E-state index in [0.29, 0.717) is 22.6 Å². The lowest BCUT2D eigenvalue weighted by Crippen LogP contribution is -2.44. The molecule has 5 heteroatoms. The molecule has 0 saturated heterocycles. The fourth-order valence-corrected chi connectivity index (χ4v) is 3.51. The predicted molar refractivity (Wildman–Crippen MR) is 97.7 cm³/mol. The van der Waals surface area contributed by atoms with Crippen LogP contribution in [0.3, 0.4) is 0 Å². The van der Waals surface area contributed by atoms with Crippen LogP contribution >= 0.6 is 0 Å². The number of benzene rings is 1. The molecule has 1 aromatic rings. The van der Waals surface area contributed by atoms with Crippen LogP contribution in [0.15, 0.2) is 18.2 Å². The van der Waals surface area contributed by atoms with E-state index in [1.807, 2.05) is 0 Å². The summed E-state index contributed by atoms with van der Waals surface area (Å²) in [7, 11) is 0. The van der Waals surface area contributed by atoms with E-state index in [1.54, 1.807) is 6.92 Å². The number of hydrogen-bond acceptors (Lipinski definition) is 2. The van der Waals surface area contributed by atoms with Crippen LogP contribution in [0.4, 0.5) is 10.1 Å². The Labute approximate surface area is 149 Å². The average Bonchev–Trinajstić information content (AvgIpc) is 2.57. The van der Waals surface area contributed by atoms with E-state index < -0.39 is 11.8 Å². The summed E-state index contributed by atoms with van der Waals surface area (Å²) in [5.74, 6) is -1.03. The quantitative estimate of drug-likeness (QED) is 0.802. The molecule has 138 valence electrons. The Morgan fingerprint density at radius 1 is 1.16 bits per heavy atom. The van der Waals surface area contributed by atoms with Gasteiger partial charge >= 0.3 is 11.8 Å². The maximum atomic E-state index is 13.1. The summed E-state index contributed by atoms with van der Waals surface area (Å²) in [6.07, 6.45) is 5.11. The minimum Gasteiger partial charge on any atom is -0.345 e. The molecule has 1 saturated carbocycles. The van der Waals surface area contributed by atoms with E-state index in [-0.39, 0.29) is 11.9 Å². The third kappa shape index (κ3) is 5.03. The van der Waals surface area contributed by atoms with Gasteiger partial charge in [0.05, 0.1) is 0 Å². The van der Waals surface area contributed by atoms with Crippen LogP contribution in [0, 0.1) is 24.1 Å². The van der Waals surface area contributed by atoms with Crippen LogP contribution in [0.2, 0.25) is 0 Å². The molecular formula is C20H29FN2O2. The van der Waals surface area contributed by atoms with Gasteiger partial charge in [-0.25, -0.2) is 4.39 Å². The molecule has 0 unspecified atom stereocenters. The largest absolute Gasteiger partial charge is 0.345 e. The number of hydrogen-bond donors (Lipinski definition) is 2. The van der Waals surface area contributed by atoms with Gasteiger partial charge in [-0.3, -0.25) is 9.59 Å². The molecule has 0 bridgehead atoms. The third-order valence-corrected chi connectivity index (χ3v) is 5.72. The minimum absolute atomic E-state index is 0.0523. The molecule has 0 atom stereocenters. The van der Waals surface area contributed by atoms with Gasteiger partial charge in [0, 0.05) is 11.7 Å². The molecule has 2 amide bonds. The zero-order chi connectivity index (χ0) is 18.6. The van der Waals surface area contributed by atoms with Crippen LogP contribution in [0.5, 0.6) is 0 Å². The first-order chi connectivity index (χ1) is 11.7. The van der Waals surface area contributed by atoms with E-state index in [0.717, 1.165) is 32.1 Å². The highest BCUT2D eigenvalue weighted by atomic mass is 19.1. The number of nitrogens with one attached hydrogen (secondary N) is 2. The van der Waals surface area contributed by atoms with Gasteiger partial charge in [0.15, 0.2) is 0 Å². The van der Waals surface area contributed by atoms with Crippen molar-refractivity contribution in [1.29, 1.82) is 0 Å². The fourth-order valence-electron chi connectivity index (χ4n) is 3.51. The second kappa shape index (κ2) is 7.98. The smallest absolute Gasteiger partial charge is 0.313 e. The lowest BCUT2D eigenvalue weighted by Gasteiger charge is -2.39. The molecule has 0 aliphatic heterocycles. The van der Waals surface area contributed by atoms with Crippen LogP contribution < -0.4 is 10.6 Å². The van der Waals surface area contributed by atoms with Gasteiger partial charge in [-0.1, -0.05) is 27.2 Å². The average molecular weight is 348 g/mol. The van der Waals surface area contributed by atoms with E-state index >= 15 is 0 Å². The van der Waals surface area contributed by atoms with Crippen molar-refractivity contribution in [3.05, 3.63) is 29.6 Å². The summed E-state index contributed by atoms with van der Waals surface area (Å²) in [6.45, 7) is 8.51. The molecule has 1 aliphatic rings. The van der Waals surface area contributed by atoms with Crippen molar-refractivity contribution in [2.75, 3.05) is 5.32 Å². The molecule has 2 rings (SSSR count). The summed E-state index contributed by atoms with van der Waals surface area (Å²) < 4.78 is 13.1. The highest BCUT2D eigenvalue weighted by Crippen LogP contribution is 2.40. The highest BCUT2D eigenvalue weighted by molar-refractivity contribution is 6.39. The Kier molecular flexibility index (Phi) is 6.20. The molecule has 2 N–H and O–H groups in total. The van der Waals surface area contributed by atoms with Gasteiger partial charge < -0.3 is 10.6 Å². The Morgan fingerprint density at radius 3 is 2.36 bits per heavy atom. The Hall–Kier alpha value is -1.91. The minimum atomic E-state index is -0.703. The maximum absolute atomic E-state index is 13.1. The molecule has 4 nitrogen and oxygen atoms in total. The fraction of sp³-hybridized carbons (Fsp3) is 0.600. The normalized spacial score (nSPS) is 20.8. The summed E-state index contributed by atoms with van der Waals surface area (Å²) in [5, 5.41) is 5.39.